The number of pyridine rings is 1. The lowest BCUT2D eigenvalue weighted by Crippen LogP contribution is -2.21. The van der Waals surface area contributed by atoms with Crippen molar-refractivity contribution in [1.82, 2.24) is 4.98 Å². The third kappa shape index (κ3) is 2.08. The minimum Gasteiger partial charge on any atom is -0.261 e. The maximum absolute atomic E-state index is 13.2. The Bertz CT molecular complexity index is 297. The second kappa shape index (κ2) is 4.49. The van der Waals surface area contributed by atoms with Gasteiger partial charge in [0.15, 0.2) is 0 Å². The highest BCUT2D eigenvalue weighted by molar-refractivity contribution is 5.26. The molecule has 1 aliphatic rings. The second-order valence-electron chi connectivity index (χ2n) is 3.06. The molecule has 0 spiro atoms. The van der Waals surface area contributed by atoms with E-state index in [1.165, 1.54) is 6.07 Å². The van der Waals surface area contributed by atoms with Gasteiger partial charge in [-0.1, -0.05) is 13.8 Å². The first-order valence-corrected chi connectivity index (χ1v) is 5.02. The number of aryl methyl sites for hydroxylation is 1. The van der Waals surface area contributed by atoms with E-state index in [1.807, 2.05) is 13.8 Å². The lowest BCUT2D eigenvalue weighted by molar-refractivity contribution is -0.0223. The molecule has 1 nitrogen and oxygen atoms in total. The van der Waals surface area contributed by atoms with E-state index in [2.05, 4.69) is 4.98 Å². The molecule has 0 atom stereocenters. The van der Waals surface area contributed by atoms with Crippen LogP contribution in [0.15, 0.2) is 18.3 Å². The molecule has 2 rings (SSSR count). The molecule has 78 valence electrons. The fourth-order valence-corrected chi connectivity index (χ4v) is 1.58. The largest absolute Gasteiger partial charge is 0.275 e. The summed E-state index contributed by atoms with van der Waals surface area (Å²) in [5, 5.41) is 0. The SMILES string of the molecule is CC.FC1(F)CCCc2ncccc21. The van der Waals surface area contributed by atoms with Gasteiger partial charge in [-0.25, -0.2) is 8.78 Å². The van der Waals surface area contributed by atoms with Crippen LogP contribution in [0, 0.1) is 0 Å². The van der Waals surface area contributed by atoms with Crippen LogP contribution in [0.25, 0.3) is 0 Å². The summed E-state index contributed by atoms with van der Waals surface area (Å²) >= 11 is 0. The normalized spacial score (nSPS) is 17.7. The lowest BCUT2D eigenvalue weighted by atomic mass is 9.93. The maximum Gasteiger partial charge on any atom is 0.275 e. The standard InChI is InChI=1S/C9H9F2N.C2H6/c10-9(11)5-1-4-8-7(9)3-2-6-12-8;1-2/h2-3,6H,1,4-5H2;1-2H3. The summed E-state index contributed by atoms with van der Waals surface area (Å²) in [5.41, 5.74) is 0.685. The quantitative estimate of drug-likeness (QED) is 0.622. The van der Waals surface area contributed by atoms with Gasteiger partial charge in [0.25, 0.3) is 5.92 Å². The van der Waals surface area contributed by atoms with Gasteiger partial charge in [0.2, 0.25) is 0 Å². The van der Waals surface area contributed by atoms with Gasteiger partial charge >= 0.3 is 0 Å². The van der Waals surface area contributed by atoms with Crippen molar-refractivity contribution in [3.63, 3.8) is 0 Å². The summed E-state index contributed by atoms with van der Waals surface area (Å²) < 4.78 is 26.3. The molecule has 0 saturated heterocycles. The number of nitrogens with zero attached hydrogens (tertiary/aromatic N) is 1. The number of halogens is 2. The van der Waals surface area contributed by atoms with Gasteiger partial charge in [0.1, 0.15) is 0 Å². The average Bonchev–Trinajstić information content (AvgIpc) is 2.21. The van der Waals surface area contributed by atoms with Crippen LogP contribution in [0.3, 0.4) is 0 Å². The lowest BCUT2D eigenvalue weighted by Gasteiger charge is -2.23. The number of hydrogen-bond acceptors (Lipinski definition) is 1. The highest BCUT2D eigenvalue weighted by Crippen LogP contribution is 2.38. The predicted octanol–water partition coefficient (Wildman–Crippen LogP) is 3.54. The molecule has 0 aliphatic heterocycles. The highest BCUT2D eigenvalue weighted by atomic mass is 19.3. The van der Waals surface area contributed by atoms with Crippen molar-refractivity contribution in [2.24, 2.45) is 0 Å². The average molecular weight is 199 g/mol. The van der Waals surface area contributed by atoms with Gasteiger partial charge in [0.05, 0.1) is 0 Å². The molecule has 3 heteroatoms. The Kier molecular flexibility index (Phi) is 3.55. The minimum atomic E-state index is -2.65. The molecule has 0 bridgehead atoms. The maximum atomic E-state index is 13.2. The van der Waals surface area contributed by atoms with Crippen molar-refractivity contribution >= 4 is 0 Å². The number of fused-ring (bicyclic) bond motifs is 1. The molecule has 1 aromatic heterocycles. The summed E-state index contributed by atoms with van der Waals surface area (Å²) in [7, 11) is 0. The van der Waals surface area contributed by atoms with Gasteiger partial charge in [-0.2, -0.15) is 0 Å². The van der Waals surface area contributed by atoms with Crippen molar-refractivity contribution in [3.05, 3.63) is 29.6 Å². The van der Waals surface area contributed by atoms with Crippen molar-refractivity contribution in [2.45, 2.75) is 39.0 Å². The molecule has 0 fully saturated rings. The van der Waals surface area contributed by atoms with Gasteiger partial charge in [0, 0.05) is 23.9 Å². The van der Waals surface area contributed by atoms with Crippen molar-refractivity contribution in [3.8, 4) is 0 Å². The Labute approximate surface area is 83.2 Å². The van der Waals surface area contributed by atoms with E-state index in [0.29, 0.717) is 18.5 Å². The van der Waals surface area contributed by atoms with Gasteiger partial charge < -0.3 is 0 Å². The van der Waals surface area contributed by atoms with E-state index < -0.39 is 5.92 Å². The molecule has 0 saturated carbocycles. The Morgan fingerprint density at radius 2 is 2.07 bits per heavy atom. The zero-order chi connectivity index (χ0) is 10.6. The first-order chi connectivity index (χ1) is 6.70. The molecule has 0 unspecified atom stereocenters. The van der Waals surface area contributed by atoms with Crippen LogP contribution in [-0.2, 0) is 12.3 Å². The van der Waals surface area contributed by atoms with Crippen LogP contribution in [0.1, 0.15) is 37.9 Å². The molecule has 0 amide bonds. The van der Waals surface area contributed by atoms with Crippen molar-refractivity contribution in [1.29, 1.82) is 0 Å². The molecule has 0 N–H and O–H groups in total. The molecule has 0 radical (unpaired) electrons. The van der Waals surface area contributed by atoms with E-state index in [1.54, 1.807) is 12.3 Å². The third-order valence-electron chi connectivity index (χ3n) is 2.19. The van der Waals surface area contributed by atoms with E-state index in [4.69, 9.17) is 0 Å². The van der Waals surface area contributed by atoms with E-state index in [9.17, 15) is 8.78 Å². The summed E-state index contributed by atoms with van der Waals surface area (Å²) in [4.78, 5) is 3.93. The van der Waals surface area contributed by atoms with Crippen LogP contribution < -0.4 is 0 Å². The summed E-state index contributed by atoms with van der Waals surface area (Å²) in [6.07, 6.45) is 2.76. The first kappa shape index (κ1) is 11.1. The highest BCUT2D eigenvalue weighted by Gasteiger charge is 2.36. The summed E-state index contributed by atoms with van der Waals surface area (Å²) in [5.74, 6) is -2.65. The van der Waals surface area contributed by atoms with E-state index >= 15 is 0 Å². The zero-order valence-electron chi connectivity index (χ0n) is 8.56. The second-order valence-corrected chi connectivity index (χ2v) is 3.06. The molecule has 1 aromatic rings. The molecular weight excluding hydrogens is 184 g/mol. The molecule has 1 heterocycles. The first-order valence-electron chi connectivity index (χ1n) is 5.02. The molecular formula is C11H15F2N. The zero-order valence-corrected chi connectivity index (χ0v) is 8.56. The Morgan fingerprint density at radius 3 is 2.71 bits per heavy atom. The van der Waals surface area contributed by atoms with Crippen LogP contribution in [0.4, 0.5) is 8.78 Å². The fourth-order valence-electron chi connectivity index (χ4n) is 1.58. The Hall–Kier alpha value is -0.990. The van der Waals surface area contributed by atoms with Gasteiger partial charge in [-0.3, -0.25) is 4.98 Å². The minimum absolute atomic E-state index is 0.0360. The predicted molar refractivity (Wildman–Crippen MR) is 52.4 cm³/mol. The number of aromatic nitrogens is 1. The monoisotopic (exact) mass is 199 g/mol. The number of hydrogen-bond donors (Lipinski definition) is 0. The smallest absolute Gasteiger partial charge is 0.261 e. The fraction of sp³-hybridized carbons (Fsp3) is 0.545. The summed E-state index contributed by atoms with van der Waals surface area (Å²) in [6.45, 7) is 4.00. The van der Waals surface area contributed by atoms with E-state index in [-0.39, 0.29) is 12.0 Å². The van der Waals surface area contributed by atoms with Crippen LogP contribution in [-0.4, -0.2) is 4.98 Å². The number of alkyl halides is 2. The Balaban J connectivity index is 0.000000461. The van der Waals surface area contributed by atoms with Gasteiger partial charge in [-0.05, 0) is 25.0 Å². The third-order valence-corrected chi connectivity index (χ3v) is 2.19. The van der Waals surface area contributed by atoms with Crippen molar-refractivity contribution < 1.29 is 8.78 Å². The topological polar surface area (TPSA) is 12.9 Å². The summed E-state index contributed by atoms with van der Waals surface area (Å²) in [6, 6.07) is 3.04. The molecule has 0 aromatic carbocycles. The Morgan fingerprint density at radius 1 is 1.36 bits per heavy atom. The number of rotatable bonds is 0. The molecule has 1 aliphatic carbocycles. The van der Waals surface area contributed by atoms with E-state index in [0.717, 1.165) is 0 Å². The van der Waals surface area contributed by atoms with Crippen LogP contribution >= 0.6 is 0 Å². The van der Waals surface area contributed by atoms with Crippen molar-refractivity contribution in [2.75, 3.05) is 0 Å². The van der Waals surface area contributed by atoms with Crippen LogP contribution in [0.2, 0.25) is 0 Å². The van der Waals surface area contributed by atoms with Crippen LogP contribution in [0.5, 0.6) is 0 Å². The molecule has 14 heavy (non-hydrogen) atoms. The van der Waals surface area contributed by atoms with Gasteiger partial charge in [-0.15, -0.1) is 0 Å².